The molecule has 0 unspecified atom stereocenters. The van der Waals surface area contributed by atoms with Crippen LogP contribution in [-0.4, -0.2) is 28.8 Å². The van der Waals surface area contributed by atoms with Gasteiger partial charge in [-0.25, -0.2) is 0 Å². The van der Waals surface area contributed by atoms with Crippen LogP contribution in [0.5, 0.6) is 0 Å². The average molecular weight is 351 g/mol. The van der Waals surface area contributed by atoms with Crippen LogP contribution in [0.4, 0.5) is 0 Å². The Kier molecular flexibility index (Phi) is 6.23. The highest BCUT2D eigenvalue weighted by Crippen LogP contribution is 2.34. The van der Waals surface area contributed by atoms with Crippen LogP contribution in [0.3, 0.4) is 0 Å². The quantitative estimate of drug-likeness (QED) is 0.540. The molecular weight excluding hydrogens is 326 g/mol. The van der Waals surface area contributed by atoms with E-state index in [1.54, 1.807) is 12.1 Å². The third-order valence-corrected chi connectivity index (χ3v) is 4.62. The first-order valence-electron chi connectivity index (χ1n) is 8.04. The van der Waals surface area contributed by atoms with E-state index in [1.165, 1.54) is 0 Å². The highest BCUT2D eigenvalue weighted by molar-refractivity contribution is 5.93. The molecule has 138 valence electrons. The molecule has 2 N–H and O–H groups in total. The van der Waals surface area contributed by atoms with Crippen LogP contribution in [-0.2, 0) is 10.8 Å². The van der Waals surface area contributed by atoms with E-state index in [1.807, 2.05) is 33.8 Å². The number of benzene rings is 1. The van der Waals surface area contributed by atoms with E-state index in [4.69, 9.17) is 5.73 Å². The monoisotopic (exact) mass is 351 g/mol. The van der Waals surface area contributed by atoms with Gasteiger partial charge in [-0.15, -0.1) is 0 Å². The highest BCUT2D eigenvalue weighted by atomic mass is 16.6. The van der Waals surface area contributed by atoms with Gasteiger partial charge in [-0.05, 0) is 34.1 Å². The molecule has 1 amide bonds. The first-order valence-corrected chi connectivity index (χ1v) is 8.04. The van der Waals surface area contributed by atoms with Gasteiger partial charge in [-0.2, -0.15) is 0 Å². The molecule has 0 spiro atoms. The normalized spacial score (nSPS) is 12.0. The number of nitrogens with zero attached hydrogens (tertiary/aromatic N) is 2. The second-order valence-electron chi connectivity index (χ2n) is 7.54. The Balaban J connectivity index is 3.31. The third kappa shape index (κ3) is 5.81. The Hall–Kier alpha value is -2.51. The number of nitrogens with two attached hydrogens (primary N) is 1. The Morgan fingerprint density at radius 2 is 1.28 bits per heavy atom. The fourth-order valence-corrected chi connectivity index (χ4v) is 2.58. The predicted molar refractivity (Wildman–Crippen MR) is 94.0 cm³/mol. The van der Waals surface area contributed by atoms with E-state index < -0.39 is 16.7 Å². The van der Waals surface area contributed by atoms with Crippen molar-refractivity contribution < 1.29 is 14.6 Å². The van der Waals surface area contributed by atoms with Crippen molar-refractivity contribution in [3.8, 4) is 0 Å². The van der Waals surface area contributed by atoms with Gasteiger partial charge in [0, 0.05) is 28.3 Å². The molecule has 25 heavy (non-hydrogen) atoms. The smallest absolute Gasteiger partial charge is 0.248 e. The third-order valence-electron chi connectivity index (χ3n) is 4.62. The van der Waals surface area contributed by atoms with Gasteiger partial charge in [0.2, 0.25) is 19.0 Å². The standard InChI is InChI=1S/C17H25N3O5/c1-16(2,5-7-19(22)23)13-9-12(15(18)21)10-14(11-13)17(3,4)6-8-20(24)25/h9-11H,5-8H2,1-4H3,(H2,18,21). The van der Waals surface area contributed by atoms with E-state index in [0.717, 1.165) is 11.1 Å². The van der Waals surface area contributed by atoms with Crippen molar-refractivity contribution in [2.45, 2.75) is 51.4 Å². The Morgan fingerprint density at radius 1 is 0.920 bits per heavy atom. The Bertz CT molecular complexity index is 635. The second-order valence-corrected chi connectivity index (χ2v) is 7.54. The maximum Gasteiger partial charge on any atom is 0.248 e. The van der Waals surface area contributed by atoms with Crippen molar-refractivity contribution in [3.63, 3.8) is 0 Å². The summed E-state index contributed by atoms with van der Waals surface area (Å²) in [6.07, 6.45) is 0.605. The molecule has 0 atom stereocenters. The molecule has 0 aliphatic heterocycles. The van der Waals surface area contributed by atoms with E-state index in [9.17, 15) is 25.0 Å². The van der Waals surface area contributed by atoms with Crippen molar-refractivity contribution >= 4 is 5.91 Å². The van der Waals surface area contributed by atoms with Crippen molar-refractivity contribution in [2.24, 2.45) is 5.73 Å². The van der Waals surface area contributed by atoms with Crippen molar-refractivity contribution in [3.05, 3.63) is 55.1 Å². The lowest BCUT2D eigenvalue weighted by molar-refractivity contribution is -0.481. The molecular formula is C17H25N3O5. The Labute approximate surface area is 146 Å². The number of primary amides is 1. The number of carbonyl (C=O) groups excluding carboxylic acids is 1. The molecule has 8 heteroatoms. The van der Waals surface area contributed by atoms with Crippen molar-refractivity contribution in [1.82, 2.24) is 0 Å². The first-order chi connectivity index (χ1) is 11.3. The highest BCUT2D eigenvalue weighted by Gasteiger charge is 2.29. The average Bonchev–Trinajstić information content (AvgIpc) is 2.50. The number of hydrogen-bond donors (Lipinski definition) is 1. The zero-order valence-corrected chi connectivity index (χ0v) is 15.1. The molecule has 1 aromatic carbocycles. The molecule has 8 nitrogen and oxygen atoms in total. The lowest BCUT2D eigenvalue weighted by atomic mass is 9.75. The van der Waals surface area contributed by atoms with Crippen LogP contribution in [0.15, 0.2) is 18.2 Å². The van der Waals surface area contributed by atoms with Gasteiger partial charge in [0.25, 0.3) is 0 Å². The molecule has 0 fully saturated rings. The lowest BCUT2D eigenvalue weighted by Crippen LogP contribution is -2.26. The summed E-state index contributed by atoms with van der Waals surface area (Å²) in [7, 11) is 0. The van der Waals surface area contributed by atoms with E-state index >= 15 is 0 Å². The summed E-state index contributed by atoms with van der Waals surface area (Å²) in [5, 5.41) is 21.4. The lowest BCUT2D eigenvalue weighted by Gasteiger charge is -2.29. The van der Waals surface area contributed by atoms with Crippen LogP contribution in [0.1, 0.15) is 62.0 Å². The van der Waals surface area contributed by atoms with Gasteiger partial charge in [0.05, 0.1) is 0 Å². The van der Waals surface area contributed by atoms with Gasteiger partial charge in [-0.1, -0.05) is 33.8 Å². The van der Waals surface area contributed by atoms with Crippen LogP contribution in [0, 0.1) is 20.2 Å². The molecule has 0 aliphatic carbocycles. The number of rotatable bonds is 9. The fourth-order valence-electron chi connectivity index (χ4n) is 2.58. The Morgan fingerprint density at radius 3 is 1.56 bits per heavy atom. The number of nitro groups is 2. The summed E-state index contributed by atoms with van der Waals surface area (Å²) < 4.78 is 0. The molecule has 0 saturated heterocycles. The molecule has 0 saturated carbocycles. The second kappa shape index (κ2) is 7.58. The molecule has 1 rings (SSSR count). The summed E-state index contributed by atoms with van der Waals surface area (Å²) in [5.74, 6) is -0.599. The minimum atomic E-state index is -0.599. The number of carbonyl (C=O) groups is 1. The van der Waals surface area contributed by atoms with Gasteiger partial charge in [0.15, 0.2) is 0 Å². The van der Waals surface area contributed by atoms with Gasteiger partial charge < -0.3 is 5.73 Å². The van der Waals surface area contributed by atoms with Gasteiger partial charge in [-0.3, -0.25) is 25.0 Å². The van der Waals surface area contributed by atoms with Gasteiger partial charge >= 0.3 is 0 Å². The van der Waals surface area contributed by atoms with Crippen LogP contribution >= 0.6 is 0 Å². The summed E-state index contributed by atoms with van der Waals surface area (Å²) in [5.41, 5.74) is 6.18. The topological polar surface area (TPSA) is 129 Å². The molecule has 0 aromatic heterocycles. The molecule has 0 bridgehead atoms. The summed E-state index contributed by atoms with van der Waals surface area (Å²) in [6.45, 7) is 7.09. The van der Waals surface area contributed by atoms with E-state index in [0.29, 0.717) is 18.4 Å². The van der Waals surface area contributed by atoms with E-state index in [-0.39, 0.29) is 22.9 Å². The maximum absolute atomic E-state index is 11.7. The molecule has 1 aromatic rings. The van der Waals surface area contributed by atoms with Crippen LogP contribution < -0.4 is 5.73 Å². The maximum atomic E-state index is 11.7. The molecule has 0 heterocycles. The molecule has 0 aliphatic rings. The van der Waals surface area contributed by atoms with E-state index in [2.05, 4.69) is 0 Å². The number of hydrogen-bond acceptors (Lipinski definition) is 5. The van der Waals surface area contributed by atoms with Crippen molar-refractivity contribution in [1.29, 1.82) is 0 Å². The summed E-state index contributed by atoms with van der Waals surface area (Å²) in [4.78, 5) is 32.3. The zero-order valence-electron chi connectivity index (χ0n) is 15.1. The van der Waals surface area contributed by atoms with Crippen LogP contribution in [0.25, 0.3) is 0 Å². The largest absolute Gasteiger partial charge is 0.366 e. The number of amides is 1. The minimum Gasteiger partial charge on any atom is -0.366 e. The summed E-state index contributed by atoms with van der Waals surface area (Å²) >= 11 is 0. The minimum absolute atomic E-state index is 0.187. The van der Waals surface area contributed by atoms with Gasteiger partial charge in [0.1, 0.15) is 0 Å². The molecule has 0 radical (unpaired) electrons. The SMILES string of the molecule is CC(C)(CC[N+](=O)[O-])c1cc(C(N)=O)cc(C(C)(C)CC[N+](=O)[O-])c1. The van der Waals surface area contributed by atoms with Crippen LogP contribution in [0.2, 0.25) is 0 Å². The predicted octanol–water partition coefficient (Wildman–Crippen LogP) is 2.67. The zero-order chi connectivity index (χ0) is 19.4. The summed E-state index contributed by atoms with van der Waals surface area (Å²) in [6, 6.07) is 5.16. The fraction of sp³-hybridized carbons (Fsp3) is 0.588. The first kappa shape index (κ1) is 20.5. The van der Waals surface area contributed by atoms with Crippen molar-refractivity contribution in [2.75, 3.05) is 13.1 Å².